The number of rotatable bonds is 6. The van der Waals surface area contributed by atoms with Gasteiger partial charge in [0.2, 0.25) is 0 Å². The molecule has 0 aliphatic rings. The van der Waals surface area contributed by atoms with Crippen molar-refractivity contribution < 1.29 is 0 Å². The molecule has 2 nitrogen and oxygen atoms in total. The lowest BCUT2D eigenvalue weighted by Crippen LogP contribution is -2.32. The van der Waals surface area contributed by atoms with Crippen molar-refractivity contribution in [2.24, 2.45) is 0 Å². The highest BCUT2D eigenvalue weighted by Crippen LogP contribution is 1.91. The molecule has 0 heterocycles. The fraction of sp³-hybridized carbons (Fsp3) is 1.00. The average molecular weight is 143 g/mol. The highest BCUT2D eigenvalue weighted by Gasteiger charge is 1.98. The standard InChI is InChI=1S/C8H19N2/c1-4-7-8-10(6-3)9-5-2/h4-8H2,1-3H3. The Labute approximate surface area is 64.6 Å². The van der Waals surface area contributed by atoms with Crippen LogP contribution in [0.15, 0.2) is 0 Å². The molecule has 0 amide bonds. The SMILES string of the molecule is CCCCN(CC)[N]CC. The van der Waals surface area contributed by atoms with Crippen LogP contribution in [0.3, 0.4) is 0 Å². The molecular formula is C8H19N2. The molecule has 10 heavy (non-hydrogen) atoms. The van der Waals surface area contributed by atoms with E-state index in [9.17, 15) is 0 Å². The number of hydrogen-bond donors (Lipinski definition) is 0. The summed E-state index contributed by atoms with van der Waals surface area (Å²) in [5.41, 5.74) is 4.31. The van der Waals surface area contributed by atoms with Crippen molar-refractivity contribution in [1.82, 2.24) is 10.4 Å². The summed E-state index contributed by atoms with van der Waals surface area (Å²) >= 11 is 0. The monoisotopic (exact) mass is 143 g/mol. The van der Waals surface area contributed by atoms with Crippen LogP contribution in [0, 0.1) is 0 Å². The number of unbranched alkanes of at least 4 members (excludes halogenated alkanes) is 1. The van der Waals surface area contributed by atoms with E-state index in [1.165, 1.54) is 12.8 Å². The van der Waals surface area contributed by atoms with Crippen LogP contribution >= 0.6 is 0 Å². The van der Waals surface area contributed by atoms with Gasteiger partial charge in [0.1, 0.15) is 0 Å². The summed E-state index contributed by atoms with van der Waals surface area (Å²) in [6.07, 6.45) is 2.52. The van der Waals surface area contributed by atoms with E-state index in [4.69, 9.17) is 0 Å². The first-order valence-corrected chi connectivity index (χ1v) is 4.27. The first kappa shape index (κ1) is 9.92. The van der Waals surface area contributed by atoms with E-state index in [1.54, 1.807) is 0 Å². The molecule has 0 N–H and O–H groups in total. The van der Waals surface area contributed by atoms with E-state index >= 15 is 0 Å². The summed E-state index contributed by atoms with van der Waals surface area (Å²) < 4.78 is 0. The molecule has 0 atom stereocenters. The maximum absolute atomic E-state index is 4.31. The predicted molar refractivity (Wildman–Crippen MR) is 44.8 cm³/mol. The Hall–Kier alpha value is -0.0800. The van der Waals surface area contributed by atoms with Gasteiger partial charge in [-0.05, 0) is 13.3 Å². The molecule has 0 rings (SSSR count). The van der Waals surface area contributed by atoms with Crippen molar-refractivity contribution >= 4 is 0 Å². The quantitative estimate of drug-likeness (QED) is 0.517. The van der Waals surface area contributed by atoms with E-state index in [0.29, 0.717) is 0 Å². The minimum atomic E-state index is 0.914. The Kier molecular flexibility index (Phi) is 6.98. The Balaban J connectivity index is 3.21. The Morgan fingerprint density at radius 2 is 1.90 bits per heavy atom. The van der Waals surface area contributed by atoms with Gasteiger partial charge >= 0.3 is 0 Å². The van der Waals surface area contributed by atoms with Crippen LogP contribution in [0.4, 0.5) is 0 Å². The molecule has 0 aliphatic heterocycles. The van der Waals surface area contributed by atoms with E-state index in [0.717, 1.165) is 19.6 Å². The highest BCUT2D eigenvalue weighted by atomic mass is 15.5. The van der Waals surface area contributed by atoms with Gasteiger partial charge in [-0.2, -0.15) is 5.43 Å². The van der Waals surface area contributed by atoms with E-state index in [-0.39, 0.29) is 0 Å². The summed E-state index contributed by atoms with van der Waals surface area (Å²) in [5.74, 6) is 0. The zero-order chi connectivity index (χ0) is 7.82. The normalized spacial score (nSPS) is 10.8. The molecule has 0 saturated heterocycles. The number of nitrogens with zero attached hydrogens (tertiary/aromatic N) is 2. The van der Waals surface area contributed by atoms with E-state index in [2.05, 4.69) is 31.2 Å². The second-order valence-corrected chi connectivity index (χ2v) is 2.36. The zero-order valence-corrected chi connectivity index (χ0v) is 7.43. The predicted octanol–water partition coefficient (Wildman–Crippen LogP) is 1.65. The third-order valence-corrected chi connectivity index (χ3v) is 1.48. The summed E-state index contributed by atoms with van der Waals surface area (Å²) in [4.78, 5) is 0. The lowest BCUT2D eigenvalue weighted by atomic mass is 10.3. The van der Waals surface area contributed by atoms with Gasteiger partial charge in [-0.3, -0.25) is 0 Å². The van der Waals surface area contributed by atoms with Crippen LogP contribution in [0.5, 0.6) is 0 Å². The third-order valence-electron chi connectivity index (χ3n) is 1.48. The highest BCUT2D eigenvalue weighted by molar-refractivity contribution is 4.46. The van der Waals surface area contributed by atoms with Gasteiger partial charge in [-0.15, -0.1) is 0 Å². The fourth-order valence-electron chi connectivity index (χ4n) is 0.869. The number of hydrogen-bond acceptors (Lipinski definition) is 1. The molecule has 0 aromatic heterocycles. The van der Waals surface area contributed by atoms with Crippen LogP contribution in [-0.2, 0) is 0 Å². The van der Waals surface area contributed by atoms with Gasteiger partial charge in [-0.25, -0.2) is 5.01 Å². The van der Waals surface area contributed by atoms with Crippen LogP contribution in [0.2, 0.25) is 0 Å². The molecule has 0 unspecified atom stereocenters. The van der Waals surface area contributed by atoms with Crippen LogP contribution < -0.4 is 5.43 Å². The van der Waals surface area contributed by atoms with Crippen molar-refractivity contribution in [3.8, 4) is 0 Å². The summed E-state index contributed by atoms with van der Waals surface area (Å²) in [7, 11) is 0. The minimum Gasteiger partial charge on any atom is -0.227 e. The molecule has 0 fully saturated rings. The van der Waals surface area contributed by atoms with Crippen LogP contribution in [0.25, 0.3) is 0 Å². The molecule has 0 aromatic rings. The first-order chi connectivity index (χ1) is 4.85. The van der Waals surface area contributed by atoms with Crippen LogP contribution in [-0.4, -0.2) is 24.6 Å². The summed E-state index contributed by atoms with van der Waals surface area (Å²) in [6, 6.07) is 0. The van der Waals surface area contributed by atoms with Crippen molar-refractivity contribution in [2.45, 2.75) is 33.6 Å². The van der Waals surface area contributed by atoms with Crippen molar-refractivity contribution in [2.75, 3.05) is 19.6 Å². The molecule has 2 heteroatoms. The van der Waals surface area contributed by atoms with Crippen molar-refractivity contribution in [3.63, 3.8) is 0 Å². The zero-order valence-electron chi connectivity index (χ0n) is 7.43. The summed E-state index contributed by atoms with van der Waals surface area (Å²) in [6.45, 7) is 9.52. The van der Waals surface area contributed by atoms with Gasteiger partial charge in [0.15, 0.2) is 0 Å². The van der Waals surface area contributed by atoms with Gasteiger partial charge in [-0.1, -0.05) is 20.3 Å². The third kappa shape index (κ3) is 4.77. The van der Waals surface area contributed by atoms with Gasteiger partial charge in [0.05, 0.1) is 0 Å². The Morgan fingerprint density at radius 3 is 2.30 bits per heavy atom. The molecule has 0 spiro atoms. The molecule has 61 valence electrons. The Bertz CT molecular complexity index is 64.3. The maximum atomic E-state index is 4.31. The summed E-state index contributed by atoms with van der Waals surface area (Å²) in [5, 5.41) is 2.14. The second-order valence-electron chi connectivity index (χ2n) is 2.36. The molecular weight excluding hydrogens is 124 g/mol. The lowest BCUT2D eigenvalue weighted by molar-refractivity contribution is 0.192. The molecule has 0 aliphatic carbocycles. The van der Waals surface area contributed by atoms with Gasteiger partial charge in [0.25, 0.3) is 0 Å². The molecule has 0 bridgehead atoms. The van der Waals surface area contributed by atoms with Crippen LogP contribution in [0.1, 0.15) is 33.6 Å². The second kappa shape index (κ2) is 7.03. The smallest absolute Gasteiger partial charge is 0.0278 e. The molecule has 0 aromatic carbocycles. The maximum Gasteiger partial charge on any atom is 0.0278 e. The fourth-order valence-corrected chi connectivity index (χ4v) is 0.869. The van der Waals surface area contributed by atoms with Gasteiger partial charge in [0, 0.05) is 19.6 Å². The molecule has 1 radical (unpaired) electrons. The average Bonchev–Trinajstić information content (AvgIpc) is 1.98. The molecule has 0 saturated carbocycles. The lowest BCUT2D eigenvalue weighted by Gasteiger charge is -2.17. The first-order valence-electron chi connectivity index (χ1n) is 4.27. The Morgan fingerprint density at radius 1 is 1.20 bits per heavy atom. The van der Waals surface area contributed by atoms with Gasteiger partial charge < -0.3 is 0 Å². The topological polar surface area (TPSA) is 17.3 Å². The van der Waals surface area contributed by atoms with E-state index < -0.39 is 0 Å². The van der Waals surface area contributed by atoms with Crippen molar-refractivity contribution in [1.29, 1.82) is 0 Å². The van der Waals surface area contributed by atoms with Crippen molar-refractivity contribution in [3.05, 3.63) is 0 Å². The van der Waals surface area contributed by atoms with E-state index in [1.807, 2.05) is 0 Å². The minimum absolute atomic E-state index is 0.914. The largest absolute Gasteiger partial charge is 0.227 e.